The maximum Gasteiger partial charge on any atom is 0.241 e. The van der Waals surface area contributed by atoms with Crippen LogP contribution in [0.4, 0.5) is 0 Å². The number of carbonyl (C=O) groups excluding carboxylic acids is 1. The van der Waals surface area contributed by atoms with Crippen LogP contribution >= 0.6 is 0 Å². The molecule has 27 heavy (non-hydrogen) atoms. The summed E-state index contributed by atoms with van der Waals surface area (Å²) in [5.41, 5.74) is 3.58. The van der Waals surface area contributed by atoms with Gasteiger partial charge in [0, 0.05) is 24.4 Å². The lowest BCUT2D eigenvalue weighted by atomic mass is 10.2. The molecule has 0 spiro atoms. The van der Waals surface area contributed by atoms with Crippen LogP contribution in [0, 0.1) is 6.92 Å². The van der Waals surface area contributed by atoms with Crippen molar-refractivity contribution in [3.05, 3.63) is 28.6 Å². The number of aromatic nitrogens is 6. The van der Waals surface area contributed by atoms with E-state index in [0.717, 1.165) is 49.7 Å². The van der Waals surface area contributed by atoms with Gasteiger partial charge < -0.3 is 5.32 Å². The molecule has 1 aliphatic heterocycles. The van der Waals surface area contributed by atoms with Crippen LogP contribution in [0.2, 0.25) is 0 Å². The van der Waals surface area contributed by atoms with E-state index in [4.69, 9.17) is 0 Å². The van der Waals surface area contributed by atoms with Crippen molar-refractivity contribution in [2.24, 2.45) is 0 Å². The summed E-state index contributed by atoms with van der Waals surface area (Å²) in [5.74, 6) is 1.46. The number of aryl methyl sites for hydroxylation is 2. The Balaban J connectivity index is 1.27. The van der Waals surface area contributed by atoms with Gasteiger partial charge in [0.25, 0.3) is 0 Å². The van der Waals surface area contributed by atoms with Gasteiger partial charge in [-0.3, -0.25) is 9.69 Å². The second-order valence-corrected chi connectivity index (χ2v) is 7.34. The molecule has 144 valence electrons. The maximum absolute atomic E-state index is 12.3. The normalized spacial score (nSPS) is 16.6. The molecule has 0 aromatic carbocycles. The van der Waals surface area contributed by atoms with Crippen LogP contribution in [0.3, 0.4) is 0 Å². The number of likely N-dealkylation sites (tertiary alicyclic amines) is 1. The monoisotopic (exact) mass is 370 g/mol. The van der Waals surface area contributed by atoms with E-state index in [1.165, 1.54) is 24.1 Å². The van der Waals surface area contributed by atoms with Crippen molar-refractivity contribution >= 4 is 5.91 Å². The SMILES string of the molecule is Cc1nc(CCNC(=O)Cn2nnnc2CN2CCCC2)nc2c1CCC2. The second kappa shape index (κ2) is 8.08. The summed E-state index contributed by atoms with van der Waals surface area (Å²) < 4.78 is 1.59. The van der Waals surface area contributed by atoms with Crippen molar-refractivity contribution in [3.63, 3.8) is 0 Å². The predicted octanol–water partition coefficient (Wildman–Crippen LogP) is 0.215. The lowest BCUT2D eigenvalue weighted by Crippen LogP contribution is -2.31. The quantitative estimate of drug-likeness (QED) is 0.743. The molecular formula is C18H26N8O. The summed E-state index contributed by atoms with van der Waals surface area (Å²) in [7, 11) is 0. The number of rotatable bonds is 7. The van der Waals surface area contributed by atoms with Gasteiger partial charge in [0.1, 0.15) is 12.4 Å². The van der Waals surface area contributed by atoms with E-state index < -0.39 is 0 Å². The molecule has 1 N–H and O–H groups in total. The standard InChI is InChI=1S/C18H26N8O/c1-13-14-5-4-6-15(14)21-16(20-13)7-8-19-18(27)12-26-17(22-23-24-26)11-25-9-2-3-10-25/h2-12H2,1H3,(H,19,27). The van der Waals surface area contributed by atoms with E-state index in [1.807, 2.05) is 6.92 Å². The highest BCUT2D eigenvalue weighted by molar-refractivity contribution is 5.75. The van der Waals surface area contributed by atoms with Crippen LogP contribution in [0.5, 0.6) is 0 Å². The van der Waals surface area contributed by atoms with Crippen LogP contribution in [0.25, 0.3) is 0 Å². The van der Waals surface area contributed by atoms with Gasteiger partial charge in [-0.25, -0.2) is 14.6 Å². The van der Waals surface area contributed by atoms with Gasteiger partial charge in [-0.1, -0.05) is 0 Å². The zero-order chi connectivity index (χ0) is 18.6. The molecule has 2 aromatic heterocycles. The first-order valence-electron chi connectivity index (χ1n) is 9.78. The fraction of sp³-hybridized carbons (Fsp3) is 0.667. The van der Waals surface area contributed by atoms with Crippen LogP contribution in [0.15, 0.2) is 0 Å². The Labute approximate surface area is 158 Å². The molecule has 0 unspecified atom stereocenters. The van der Waals surface area contributed by atoms with Crippen molar-refractivity contribution in [1.82, 2.24) is 40.4 Å². The third-order valence-electron chi connectivity index (χ3n) is 5.32. The van der Waals surface area contributed by atoms with Gasteiger partial charge in [0.05, 0.1) is 6.54 Å². The molecule has 1 amide bonds. The molecule has 3 heterocycles. The molecule has 0 bridgehead atoms. The van der Waals surface area contributed by atoms with Gasteiger partial charge in [-0.2, -0.15) is 0 Å². The summed E-state index contributed by atoms with van der Waals surface area (Å²) in [6.45, 7) is 5.54. The first-order valence-corrected chi connectivity index (χ1v) is 9.78. The van der Waals surface area contributed by atoms with Gasteiger partial charge >= 0.3 is 0 Å². The van der Waals surface area contributed by atoms with Crippen LogP contribution in [-0.4, -0.2) is 60.6 Å². The molecule has 9 nitrogen and oxygen atoms in total. The Morgan fingerprint density at radius 3 is 2.85 bits per heavy atom. The van der Waals surface area contributed by atoms with E-state index in [1.54, 1.807) is 4.68 Å². The average Bonchev–Trinajstić information content (AvgIpc) is 3.38. The largest absolute Gasteiger partial charge is 0.354 e. The number of amides is 1. The van der Waals surface area contributed by atoms with E-state index >= 15 is 0 Å². The van der Waals surface area contributed by atoms with Crippen molar-refractivity contribution in [2.45, 2.75) is 58.5 Å². The van der Waals surface area contributed by atoms with Crippen molar-refractivity contribution in [2.75, 3.05) is 19.6 Å². The lowest BCUT2D eigenvalue weighted by molar-refractivity contribution is -0.121. The van der Waals surface area contributed by atoms with Gasteiger partial charge in [-0.15, -0.1) is 5.10 Å². The zero-order valence-electron chi connectivity index (χ0n) is 15.8. The average molecular weight is 370 g/mol. The molecule has 9 heteroatoms. The fourth-order valence-electron chi connectivity index (χ4n) is 3.90. The minimum Gasteiger partial charge on any atom is -0.354 e. The smallest absolute Gasteiger partial charge is 0.241 e. The van der Waals surface area contributed by atoms with E-state index in [2.05, 4.69) is 35.7 Å². The number of fused-ring (bicyclic) bond motifs is 1. The highest BCUT2D eigenvalue weighted by atomic mass is 16.2. The number of tetrazole rings is 1. The minimum absolute atomic E-state index is 0.0946. The van der Waals surface area contributed by atoms with Gasteiger partial charge in [-0.05, 0) is 68.1 Å². The Morgan fingerprint density at radius 1 is 1.15 bits per heavy atom. The first-order chi connectivity index (χ1) is 13.2. The molecular weight excluding hydrogens is 344 g/mol. The van der Waals surface area contributed by atoms with Crippen molar-refractivity contribution in [3.8, 4) is 0 Å². The molecule has 0 radical (unpaired) electrons. The molecule has 0 atom stereocenters. The first kappa shape index (κ1) is 18.0. The summed E-state index contributed by atoms with van der Waals surface area (Å²) >= 11 is 0. The summed E-state index contributed by atoms with van der Waals surface area (Å²) in [5, 5.41) is 14.7. The van der Waals surface area contributed by atoms with Gasteiger partial charge in [0.2, 0.25) is 5.91 Å². The summed E-state index contributed by atoms with van der Waals surface area (Å²) in [4.78, 5) is 23.8. The topological polar surface area (TPSA) is 102 Å². The highest BCUT2D eigenvalue weighted by Gasteiger charge is 2.18. The molecule has 1 aliphatic carbocycles. The maximum atomic E-state index is 12.3. The summed E-state index contributed by atoms with van der Waals surface area (Å²) in [6.07, 6.45) is 6.35. The molecule has 0 saturated carbocycles. The number of hydrogen-bond acceptors (Lipinski definition) is 7. The molecule has 4 rings (SSSR count). The lowest BCUT2D eigenvalue weighted by Gasteiger charge is -2.13. The van der Waals surface area contributed by atoms with E-state index in [-0.39, 0.29) is 12.5 Å². The second-order valence-electron chi connectivity index (χ2n) is 7.34. The van der Waals surface area contributed by atoms with Crippen molar-refractivity contribution in [1.29, 1.82) is 0 Å². The Hall–Kier alpha value is -2.42. The minimum atomic E-state index is -0.0946. The third-order valence-corrected chi connectivity index (χ3v) is 5.32. The van der Waals surface area contributed by atoms with E-state index in [9.17, 15) is 4.79 Å². The predicted molar refractivity (Wildman–Crippen MR) is 97.8 cm³/mol. The Bertz CT molecular complexity index is 812. The summed E-state index contributed by atoms with van der Waals surface area (Å²) in [6, 6.07) is 0. The zero-order valence-corrected chi connectivity index (χ0v) is 15.8. The Morgan fingerprint density at radius 2 is 2.00 bits per heavy atom. The Kier molecular flexibility index (Phi) is 5.38. The number of carbonyl (C=O) groups is 1. The van der Waals surface area contributed by atoms with Crippen molar-refractivity contribution < 1.29 is 4.79 Å². The fourth-order valence-corrected chi connectivity index (χ4v) is 3.90. The molecule has 2 aliphatic rings. The molecule has 1 fully saturated rings. The van der Waals surface area contributed by atoms with E-state index in [0.29, 0.717) is 19.5 Å². The number of nitrogens with one attached hydrogen (secondary N) is 1. The van der Waals surface area contributed by atoms with Crippen LogP contribution in [-0.2, 0) is 37.1 Å². The number of hydrogen-bond donors (Lipinski definition) is 1. The number of nitrogens with zero attached hydrogens (tertiary/aromatic N) is 7. The highest BCUT2D eigenvalue weighted by Crippen LogP contribution is 2.22. The van der Waals surface area contributed by atoms with Gasteiger partial charge in [0.15, 0.2) is 5.82 Å². The molecule has 2 aromatic rings. The molecule has 1 saturated heterocycles. The third kappa shape index (κ3) is 4.29. The van der Waals surface area contributed by atoms with Crippen LogP contribution < -0.4 is 5.32 Å². The van der Waals surface area contributed by atoms with Crippen LogP contribution in [0.1, 0.15) is 47.9 Å².